The van der Waals surface area contributed by atoms with Gasteiger partial charge in [0.1, 0.15) is 12.6 Å². The Morgan fingerprint density at radius 3 is 2.24 bits per heavy atom. The molecule has 2 aromatic carbocycles. The summed E-state index contributed by atoms with van der Waals surface area (Å²) in [4.78, 5) is 39.1. The van der Waals surface area contributed by atoms with Crippen molar-refractivity contribution in [2.45, 2.75) is 32.9 Å². The molecule has 0 aliphatic rings. The first-order chi connectivity index (χ1) is 15.5. The Bertz CT molecular complexity index is 1120. The van der Waals surface area contributed by atoms with Crippen molar-refractivity contribution in [2.24, 2.45) is 0 Å². The molecule has 0 saturated carbocycles. The van der Waals surface area contributed by atoms with E-state index in [0.717, 1.165) is 16.1 Å². The molecule has 0 aromatic heterocycles. The summed E-state index contributed by atoms with van der Waals surface area (Å²) in [5.41, 5.74) is 1.25. The van der Waals surface area contributed by atoms with Gasteiger partial charge in [0.2, 0.25) is 21.8 Å². The second-order valence-electron chi connectivity index (χ2n) is 7.56. The molecule has 10 heteroatoms. The normalized spacial score (nSPS) is 12.0. The van der Waals surface area contributed by atoms with Crippen molar-refractivity contribution in [1.29, 1.82) is 0 Å². The van der Waals surface area contributed by atoms with E-state index in [4.69, 9.17) is 11.6 Å². The molecule has 178 valence electrons. The number of ketones is 1. The summed E-state index contributed by atoms with van der Waals surface area (Å²) in [5.74, 6) is -1.14. The minimum atomic E-state index is -3.87. The number of rotatable bonds is 10. The Labute approximate surface area is 199 Å². The van der Waals surface area contributed by atoms with Crippen molar-refractivity contribution in [3.05, 3.63) is 64.7 Å². The molecular weight excluding hydrogens is 466 g/mol. The molecule has 1 atom stereocenters. The monoisotopic (exact) mass is 493 g/mol. The second-order valence-corrected chi connectivity index (χ2v) is 9.91. The zero-order valence-electron chi connectivity index (χ0n) is 19.0. The highest BCUT2D eigenvalue weighted by Gasteiger charge is 2.31. The maximum absolute atomic E-state index is 13.4. The van der Waals surface area contributed by atoms with Gasteiger partial charge in [-0.05, 0) is 43.2 Å². The third kappa shape index (κ3) is 7.03. The van der Waals surface area contributed by atoms with E-state index in [9.17, 15) is 22.8 Å². The Morgan fingerprint density at radius 2 is 1.73 bits per heavy atom. The summed E-state index contributed by atoms with van der Waals surface area (Å²) in [7, 11) is -2.39. The van der Waals surface area contributed by atoms with Gasteiger partial charge in [0.15, 0.2) is 5.78 Å². The molecular formula is C23H28ClN3O5S. The summed E-state index contributed by atoms with van der Waals surface area (Å²) in [6, 6.07) is 12.1. The van der Waals surface area contributed by atoms with Crippen LogP contribution >= 0.6 is 11.6 Å². The summed E-state index contributed by atoms with van der Waals surface area (Å²) in [6.07, 6.45) is 1.32. The van der Waals surface area contributed by atoms with Gasteiger partial charge in [-0.2, -0.15) is 0 Å². The summed E-state index contributed by atoms with van der Waals surface area (Å²) in [5, 5.41) is 3.09. The fraction of sp³-hybridized carbons (Fsp3) is 0.348. The van der Waals surface area contributed by atoms with E-state index >= 15 is 0 Å². The van der Waals surface area contributed by atoms with Crippen LogP contribution in [0.5, 0.6) is 0 Å². The minimum Gasteiger partial charge on any atom is -0.357 e. The molecule has 33 heavy (non-hydrogen) atoms. The maximum atomic E-state index is 13.4. The molecule has 2 amide bonds. The van der Waals surface area contributed by atoms with Gasteiger partial charge in [0.05, 0.1) is 11.9 Å². The molecule has 0 fully saturated rings. The van der Waals surface area contributed by atoms with Crippen molar-refractivity contribution in [3.8, 4) is 0 Å². The molecule has 2 rings (SSSR count). The number of benzene rings is 2. The van der Waals surface area contributed by atoms with Crippen molar-refractivity contribution in [2.75, 3.05) is 24.2 Å². The van der Waals surface area contributed by atoms with E-state index in [1.807, 2.05) is 0 Å². The molecule has 0 saturated heterocycles. The third-order valence-electron chi connectivity index (χ3n) is 5.12. The van der Waals surface area contributed by atoms with Crippen LogP contribution in [0.25, 0.3) is 0 Å². The van der Waals surface area contributed by atoms with E-state index in [1.165, 1.54) is 31.0 Å². The SMILES string of the molecule is CC[C@H](C(=O)NC)N(Cc1ccc(Cl)cc1)C(=O)CN(c1cccc(C(C)=O)c1)S(C)(=O)=O. The van der Waals surface area contributed by atoms with Crippen LogP contribution in [0, 0.1) is 0 Å². The van der Waals surface area contributed by atoms with Crippen molar-refractivity contribution in [1.82, 2.24) is 10.2 Å². The van der Waals surface area contributed by atoms with Crippen LogP contribution < -0.4 is 9.62 Å². The van der Waals surface area contributed by atoms with Gasteiger partial charge in [-0.25, -0.2) is 8.42 Å². The third-order valence-corrected chi connectivity index (χ3v) is 6.51. The van der Waals surface area contributed by atoms with Crippen LogP contribution in [0.15, 0.2) is 48.5 Å². The predicted octanol–water partition coefficient (Wildman–Crippen LogP) is 2.86. The van der Waals surface area contributed by atoms with E-state index in [1.54, 1.807) is 43.3 Å². The van der Waals surface area contributed by atoms with Gasteiger partial charge < -0.3 is 10.2 Å². The lowest BCUT2D eigenvalue weighted by molar-refractivity contribution is -0.140. The van der Waals surface area contributed by atoms with E-state index in [2.05, 4.69) is 5.32 Å². The number of carbonyl (C=O) groups excluding carboxylic acids is 3. The molecule has 0 radical (unpaired) electrons. The summed E-state index contributed by atoms with van der Waals surface area (Å²) in [6.45, 7) is 2.71. The first-order valence-corrected chi connectivity index (χ1v) is 12.5. The smallest absolute Gasteiger partial charge is 0.244 e. The molecule has 1 N–H and O–H groups in total. The molecule has 8 nitrogen and oxygen atoms in total. The quantitative estimate of drug-likeness (QED) is 0.512. The van der Waals surface area contributed by atoms with Crippen molar-refractivity contribution in [3.63, 3.8) is 0 Å². The largest absolute Gasteiger partial charge is 0.357 e. The number of hydrogen-bond acceptors (Lipinski definition) is 5. The number of nitrogens with zero attached hydrogens (tertiary/aromatic N) is 2. The molecule has 0 spiro atoms. The molecule has 0 unspecified atom stereocenters. The van der Waals surface area contributed by atoms with Gasteiger partial charge in [-0.3, -0.25) is 18.7 Å². The summed E-state index contributed by atoms with van der Waals surface area (Å²) < 4.78 is 26.1. The first-order valence-electron chi connectivity index (χ1n) is 10.3. The number of anilines is 1. The Kier molecular flexibility index (Phi) is 9.01. The number of likely N-dealkylation sites (N-methyl/N-ethyl adjacent to an activating group) is 1. The minimum absolute atomic E-state index is 0.0903. The lowest BCUT2D eigenvalue weighted by Gasteiger charge is -2.32. The fourth-order valence-electron chi connectivity index (χ4n) is 3.37. The zero-order valence-corrected chi connectivity index (χ0v) is 20.6. The number of sulfonamides is 1. The standard InChI is InChI=1S/C23H28ClN3O5S/c1-5-21(23(30)25-3)26(14-17-9-11-19(24)12-10-17)22(29)15-27(33(4,31)32)20-8-6-7-18(13-20)16(2)28/h6-13,21H,5,14-15H2,1-4H3,(H,25,30)/t21-/m1/s1. The zero-order chi connectivity index (χ0) is 24.8. The highest BCUT2D eigenvalue weighted by molar-refractivity contribution is 7.92. The van der Waals surface area contributed by atoms with Crippen LogP contribution in [0.2, 0.25) is 5.02 Å². The maximum Gasteiger partial charge on any atom is 0.244 e. The summed E-state index contributed by atoms with van der Waals surface area (Å²) >= 11 is 5.95. The van der Waals surface area contributed by atoms with Crippen LogP contribution in [0.4, 0.5) is 5.69 Å². The number of nitrogens with one attached hydrogen (secondary N) is 1. The van der Waals surface area contributed by atoms with Crippen molar-refractivity contribution >= 4 is 44.9 Å². The van der Waals surface area contributed by atoms with E-state index < -0.39 is 28.5 Å². The number of amides is 2. The second kappa shape index (κ2) is 11.3. The highest BCUT2D eigenvalue weighted by Crippen LogP contribution is 2.21. The van der Waals surface area contributed by atoms with Gasteiger partial charge in [-0.1, -0.05) is 42.8 Å². The Morgan fingerprint density at radius 1 is 1.09 bits per heavy atom. The number of halogens is 1. The van der Waals surface area contributed by atoms with Gasteiger partial charge in [0, 0.05) is 24.2 Å². The fourth-order valence-corrected chi connectivity index (χ4v) is 4.33. The van der Waals surface area contributed by atoms with Gasteiger partial charge in [-0.15, -0.1) is 0 Å². The molecule has 0 aliphatic carbocycles. The van der Waals surface area contributed by atoms with Crippen molar-refractivity contribution < 1.29 is 22.8 Å². The van der Waals surface area contributed by atoms with E-state index in [-0.39, 0.29) is 23.9 Å². The predicted molar refractivity (Wildman–Crippen MR) is 129 cm³/mol. The number of carbonyl (C=O) groups is 3. The number of Topliss-reactive ketones (excluding diaryl/α,β-unsaturated/α-hetero) is 1. The van der Waals surface area contributed by atoms with Crippen LogP contribution in [0.1, 0.15) is 36.2 Å². The van der Waals surface area contributed by atoms with Crippen LogP contribution in [-0.4, -0.2) is 56.8 Å². The average molecular weight is 494 g/mol. The highest BCUT2D eigenvalue weighted by atomic mass is 35.5. The Balaban J connectivity index is 2.45. The van der Waals surface area contributed by atoms with Gasteiger partial charge in [0.25, 0.3) is 0 Å². The number of hydrogen-bond donors (Lipinski definition) is 1. The van der Waals surface area contributed by atoms with Crippen LogP contribution in [-0.2, 0) is 26.2 Å². The van der Waals surface area contributed by atoms with Crippen LogP contribution in [0.3, 0.4) is 0 Å². The molecule has 2 aromatic rings. The molecule has 0 bridgehead atoms. The lowest BCUT2D eigenvalue weighted by atomic mass is 10.1. The lowest BCUT2D eigenvalue weighted by Crippen LogP contribution is -2.51. The van der Waals surface area contributed by atoms with E-state index in [0.29, 0.717) is 17.0 Å². The van der Waals surface area contributed by atoms with Gasteiger partial charge >= 0.3 is 0 Å². The average Bonchev–Trinajstić information content (AvgIpc) is 2.77. The molecule has 0 heterocycles. The first kappa shape index (κ1) is 26.3. The Hall–Kier alpha value is -2.91. The molecule has 0 aliphatic heterocycles. The topological polar surface area (TPSA) is 104 Å².